The molecule has 1 heterocycles. The minimum Gasteiger partial charge on any atom is -0.311 e. The fourth-order valence-corrected chi connectivity index (χ4v) is 1.69. The number of hydrogen-bond acceptors (Lipinski definition) is 3. The molecule has 90 valence electrons. The van der Waals surface area contributed by atoms with Gasteiger partial charge in [-0.1, -0.05) is 22.9 Å². The van der Waals surface area contributed by atoms with E-state index in [-0.39, 0.29) is 5.82 Å². The predicted octanol–water partition coefficient (Wildman–Crippen LogP) is 1.86. The van der Waals surface area contributed by atoms with Crippen molar-refractivity contribution in [3.8, 4) is 0 Å². The van der Waals surface area contributed by atoms with Crippen LogP contribution in [-0.4, -0.2) is 21.5 Å². The van der Waals surface area contributed by atoms with Gasteiger partial charge in [-0.15, -0.1) is 5.10 Å². The molecule has 0 saturated carbocycles. The molecule has 0 radical (unpaired) electrons. The normalized spacial score (nSPS) is 10.7. The van der Waals surface area contributed by atoms with Crippen LogP contribution >= 0.6 is 11.6 Å². The number of nitrogens with one attached hydrogen (secondary N) is 1. The predicted molar refractivity (Wildman–Crippen MR) is 63.1 cm³/mol. The Hall–Kier alpha value is -1.46. The van der Waals surface area contributed by atoms with Crippen molar-refractivity contribution < 1.29 is 4.39 Å². The van der Waals surface area contributed by atoms with Gasteiger partial charge in [-0.2, -0.15) is 0 Å². The van der Waals surface area contributed by atoms with Gasteiger partial charge in [0.2, 0.25) is 0 Å². The molecule has 1 aromatic carbocycles. The molecule has 0 spiro atoms. The van der Waals surface area contributed by atoms with E-state index in [1.54, 1.807) is 29.2 Å². The first-order chi connectivity index (χ1) is 8.27. The van der Waals surface area contributed by atoms with Crippen LogP contribution in [0.5, 0.6) is 0 Å². The standard InChI is InChI=1S/C11H12ClFN4/c12-10-2-1-3-11(13)9(10)8-14-4-6-17-7-5-15-16-17/h1-3,5,7,14H,4,6,8H2. The largest absolute Gasteiger partial charge is 0.311 e. The molecule has 17 heavy (non-hydrogen) atoms. The maximum Gasteiger partial charge on any atom is 0.129 e. The van der Waals surface area contributed by atoms with Crippen LogP contribution in [0.3, 0.4) is 0 Å². The first-order valence-corrected chi connectivity index (χ1v) is 5.63. The maximum atomic E-state index is 13.4. The highest BCUT2D eigenvalue weighted by Crippen LogP contribution is 2.18. The lowest BCUT2D eigenvalue weighted by molar-refractivity contribution is 0.529. The van der Waals surface area contributed by atoms with Crippen LogP contribution in [0.1, 0.15) is 5.56 Å². The summed E-state index contributed by atoms with van der Waals surface area (Å²) >= 11 is 5.90. The van der Waals surface area contributed by atoms with Gasteiger partial charge in [0, 0.05) is 29.9 Å². The van der Waals surface area contributed by atoms with Gasteiger partial charge in [0.25, 0.3) is 0 Å². The van der Waals surface area contributed by atoms with E-state index in [4.69, 9.17) is 11.6 Å². The lowest BCUT2D eigenvalue weighted by atomic mass is 10.2. The summed E-state index contributed by atoms with van der Waals surface area (Å²) in [6.07, 6.45) is 3.39. The topological polar surface area (TPSA) is 42.7 Å². The second-order valence-corrected chi connectivity index (χ2v) is 3.95. The number of rotatable bonds is 5. The van der Waals surface area contributed by atoms with Crippen LogP contribution in [0.15, 0.2) is 30.6 Å². The van der Waals surface area contributed by atoms with Gasteiger partial charge in [0.15, 0.2) is 0 Å². The van der Waals surface area contributed by atoms with Crippen molar-refractivity contribution in [3.05, 3.63) is 47.0 Å². The molecule has 0 saturated heterocycles. The first-order valence-electron chi connectivity index (χ1n) is 5.25. The highest BCUT2D eigenvalue weighted by atomic mass is 35.5. The Morgan fingerprint density at radius 2 is 2.29 bits per heavy atom. The summed E-state index contributed by atoms with van der Waals surface area (Å²) in [7, 11) is 0. The fraction of sp³-hybridized carbons (Fsp3) is 0.273. The zero-order valence-corrected chi connectivity index (χ0v) is 9.86. The average molecular weight is 255 g/mol. The highest BCUT2D eigenvalue weighted by molar-refractivity contribution is 6.31. The molecule has 0 bridgehead atoms. The number of hydrogen-bond donors (Lipinski definition) is 1. The summed E-state index contributed by atoms with van der Waals surface area (Å²) in [5.74, 6) is -0.286. The molecule has 1 aromatic heterocycles. The minimum atomic E-state index is -0.286. The van der Waals surface area contributed by atoms with Crippen LogP contribution in [0.4, 0.5) is 4.39 Å². The van der Waals surface area contributed by atoms with Crippen LogP contribution in [0.25, 0.3) is 0 Å². The van der Waals surface area contributed by atoms with Crippen molar-refractivity contribution in [2.75, 3.05) is 6.54 Å². The maximum absolute atomic E-state index is 13.4. The Morgan fingerprint density at radius 1 is 1.41 bits per heavy atom. The number of nitrogens with zero attached hydrogens (tertiary/aromatic N) is 3. The van der Waals surface area contributed by atoms with Gasteiger partial charge in [0.1, 0.15) is 5.82 Å². The van der Waals surface area contributed by atoms with Crippen LogP contribution in [-0.2, 0) is 13.1 Å². The Kier molecular flexibility index (Phi) is 4.06. The third-order valence-corrected chi connectivity index (χ3v) is 2.71. The molecule has 2 rings (SSSR count). The molecule has 2 aromatic rings. The fourth-order valence-electron chi connectivity index (χ4n) is 1.46. The van der Waals surface area contributed by atoms with E-state index in [9.17, 15) is 4.39 Å². The molecule has 0 aliphatic heterocycles. The second kappa shape index (κ2) is 5.75. The van der Waals surface area contributed by atoms with Crippen LogP contribution in [0.2, 0.25) is 5.02 Å². The van der Waals surface area contributed by atoms with Gasteiger partial charge in [-0.05, 0) is 12.1 Å². The molecule has 4 nitrogen and oxygen atoms in total. The SMILES string of the molecule is Fc1cccc(Cl)c1CNCCn1ccnn1. The van der Waals surface area contributed by atoms with Gasteiger partial charge >= 0.3 is 0 Å². The molecule has 6 heteroatoms. The summed E-state index contributed by atoms with van der Waals surface area (Å²) in [5.41, 5.74) is 0.493. The smallest absolute Gasteiger partial charge is 0.129 e. The molecule has 0 fully saturated rings. The van der Waals surface area contributed by atoms with Gasteiger partial charge in [-0.3, -0.25) is 4.68 Å². The van der Waals surface area contributed by atoms with Crippen molar-refractivity contribution in [2.45, 2.75) is 13.1 Å². The molecule has 0 aliphatic carbocycles. The molecular weight excluding hydrogens is 243 g/mol. The summed E-state index contributed by atoms with van der Waals surface area (Å²) < 4.78 is 15.1. The highest BCUT2D eigenvalue weighted by Gasteiger charge is 2.05. The third kappa shape index (κ3) is 3.25. The molecule has 0 amide bonds. The Bertz CT molecular complexity index is 452. The summed E-state index contributed by atoms with van der Waals surface area (Å²) in [6.45, 7) is 1.76. The van der Waals surface area contributed by atoms with E-state index in [2.05, 4.69) is 15.6 Å². The summed E-state index contributed by atoms with van der Waals surface area (Å²) in [5, 5.41) is 11.1. The summed E-state index contributed by atoms with van der Waals surface area (Å²) in [6, 6.07) is 4.68. The molecule has 1 N–H and O–H groups in total. The number of benzene rings is 1. The van der Waals surface area contributed by atoms with Crippen molar-refractivity contribution in [3.63, 3.8) is 0 Å². The second-order valence-electron chi connectivity index (χ2n) is 3.54. The Labute approximate surface area is 103 Å². The third-order valence-electron chi connectivity index (χ3n) is 2.35. The molecular formula is C11H12ClFN4. The van der Waals surface area contributed by atoms with Gasteiger partial charge < -0.3 is 5.32 Å². The molecule has 0 unspecified atom stereocenters. The average Bonchev–Trinajstić information content (AvgIpc) is 2.80. The van der Waals surface area contributed by atoms with E-state index >= 15 is 0 Å². The first kappa shape index (κ1) is 12.0. The van der Waals surface area contributed by atoms with E-state index in [1.807, 2.05) is 0 Å². The zero-order valence-electron chi connectivity index (χ0n) is 9.11. The number of halogens is 2. The van der Waals surface area contributed by atoms with Crippen molar-refractivity contribution >= 4 is 11.6 Å². The number of aromatic nitrogens is 3. The Balaban J connectivity index is 1.82. The van der Waals surface area contributed by atoms with E-state index in [0.29, 0.717) is 30.2 Å². The molecule has 0 aliphatic rings. The lowest BCUT2D eigenvalue weighted by Gasteiger charge is -2.07. The van der Waals surface area contributed by atoms with Gasteiger partial charge in [-0.25, -0.2) is 4.39 Å². The minimum absolute atomic E-state index is 0.286. The summed E-state index contributed by atoms with van der Waals surface area (Å²) in [4.78, 5) is 0. The lowest BCUT2D eigenvalue weighted by Crippen LogP contribution is -2.20. The molecule has 0 atom stereocenters. The van der Waals surface area contributed by atoms with Crippen molar-refractivity contribution in [1.82, 2.24) is 20.3 Å². The zero-order chi connectivity index (χ0) is 12.1. The van der Waals surface area contributed by atoms with Crippen LogP contribution in [0, 0.1) is 5.82 Å². The van der Waals surface area contributed by atoms with Gasteiger partial charge in [0.05, 0.1) is 12.7 Å². The van der Waals surface area contributed by atoms with Crippen molar-refractivity contribution in [2.24, 2.45) is 0 Å². The van der Waals surface area contributed by atoms with E-state index < -0.39 is 0 Å². The quantitative estimate of drug-likeness (QED) is 0.829. The van der Waals surface area contributed by atoms with Crippen molar-refractivity contribution in [1.29, 1.82) is 0 Å². The van der Waals surface area contributed by atoms with E-state index in [1.165, 1.54) is 6.07 Å². The van der Waals surface area contributed by atoms with Crippen LogP contribution < -0.4 is 5.32 Å². The monoisotopic (exact) mass is 254 g/mol. The van der Waals surface area contributed by atoms with E-state index in [0.717, 1.165) is 0 Å². The Morgan fingerprint density at radius 3 is 3.00 bits per heavy atom.